The van der Waals surface area contributed by atoms with E-state index in [-0.39, 0.29) is 24.1 Å². The van der Waals surface area contributed by atoms with Gasteiger partial charge in [0.1, 0.15) is 6.10 Å². The summed E-state index contributed by atoms with van der Waals surface area (Å²) in [5.74, 6) is -1.05. The van der Waals surface area contributed by atoms with E-state index < -0.39 is 14.1 Å². The predicted molar refractivity (Wildman–Crippen MR) is 176 cm³/mol. The molecule has 3 atom stereocenters. The van der Waals surface area contributed by atoms with E-state index in [9.17, 15) is 4.79 Å². The average molecular weight is 609 g/mol. The molecule has 5 nitrogen and oxygen atoms in total. The van der Waals surface area contributed by atoms with Crippen LogP contribution in [0.5, 0.6) is 0 Å². The first kappa shape index (κ1) is 37.6. The minimum atomic E-state index is -1.86. The van der Waals surface area contributed by atoms with Crippen molar-refractivity contribution in [3.63, 3.8) is 0 Å². The molecule has 0 amide bonds. The zero-order chi connectivity index (χ0) is 30.7. The van der Waals surface area contributed by atoms with Crippen molar-refractivity contribution in [2.75, 3.05) is 13.2 Å². The van der Waals surface area contributed by atoms with Gasteiger partial charge in [0.2, 0.25) is 0 Å². The summed E-state index contributed by atoms with van der Waals surface area (Å²) >= 11 is 6.79. The Morgan fingerprint density at radius 3 is 2.02 bits per heavy atom. The van der Waals surface area contributed by atoms with E-state index in [1.165, 1.54) is 62.7 Å². The first-order chi connectivity index (χ1) is 19.5. The molecule has 0 aromatic rings. The van der Waals surface area contributed by atoms with E-state index in [1.54, 1.807) is 13.0 Å². The zero-order valence-electron chi connectivity index (χ0n) is 27.0. The highest BCUT2D eigenvalue weighted by Crippen LogP contribution is 2.38. The van der Waals surface area contributed by atoms with Gasteiger partial charge in [-0.25, -0.2) is 4.79 Å². The summed E-state index contributed by atoms with van der Waals surface area (Å²) in [6.45, 7) is 17.6. The van der Waals surface area contributed by atoms with Gasteiger partial charge in [0.15, 0.2) is 14.1 Å². The molecular weight excluding hydrogens is 552 g/mol. The SMILES string of the molecule is CCCC[Si](CCCC)(CCCC)OC[C@H]1OC(C)(C)O[C@@H]1C(C)/C(Cl)=C/C=C/C=C(C)/C=C/C=C/C(=O)OCC. The number of hydrogen-bond donors (Lipinski definition) is 0. The maximum absolute atomic E-state index is 11.4. The first-order valence-corrected chi connectivity index (χ1v) is 18.7. The lowest BCUT2D eigenvalue weighted by Gasteiger charge is -2.34. The van der Waals surface area contributed by atoms with Crippen LogP contribution in [-0.4, -0.2) is 45.5 Å². The van der Waals surface area contributed by atoms with Crippen LogP contribution < -0.4 is 0 Å². The summed E-state index contributed by atoms with van der Waals surface area (Å²) in [5, 5.41) is 0.725. The quantitative estimate of drug-likeness (QED) is 0.0596. The molecule has 41 heavy (non-hydrogen) atoms. The molecule has 7 heteroatoms. The maximum atomic E-state index is 11.4. The third-order valence-corrected chi connectivity index (χ3v) is 12.4. The van der Waals surface area contributed by atoms with Gasteiger partial charge in [-0.3, -0.25) is 0 Å². The second kappa shape index (κ2) is 20.5. The van der Waals surface area contributed by atoms with Crippen LogP contribution in [0.15, 0.2) is 59.2 Å². The predicted octanol–water partition coefficient (Wildman–Crippen LogP) is 9.81. The van der Waals surface area contributed by atoms with Crippen LogP contribution in [0.3, 0.4) is 0 Å². The van der Waals surface area contributed by atoms with Crippen molar-refractivity contribution in [3.8, 4) is 0 Å². The number of rotatable bonds is 20. The fourth-order valence-electron chi connectivity index (χ4n) is 5.01. The Balaban J connectivity index is 2.92. The van der Waals surface area contributed by atoms with E-state index in [2.05, 4.69) is 27.7 Å². The number of allylic oxidation sites excluding steroid dienone is 8. The monoisotopic (exact) mass is 608 g/mol. The largest absolute Gasteiger partial charge is 0.463 e. The minimum Gasteiger partial charge on any atom is -0.463 e. The van der Waals surface area contributed by atoms with Crippen molar-refractivity contribution >= 4 is 25.9 Å². The first-order valence-electron chi connectivity index (χ1n) is 15.7. The van der Waals surface area contributed by atoms with Crippen LogP contribution in [0, 0.1) is 5.92 Å². The molecule has 0 radical (unpaired) electrons. The number of unbranched alkanes of at least 4 members (excludes halogenated alkanes) is 3. The van der Waals surface area contributed by atoms with Crippen LogP contribution in [0.1, 0.15) is 93.9 Å². The van der Waals surface area contributed by atoms with Crippen LogP contribution in [-0.2, 0) is 23.4 Å². The van der Waals surface area contributed by atoms with Gasteiger partial charge in [0.05, 0.1) is 19.3 Å². The van der Waals surface area contributed by atoms with Crippen LogP contribution in [0.2, 0.25) is 18.1 Å². The number of carbonyl (C=O) groups excluding carboxylic acids is 1. The van der Waals surface area contributed by atoms with Crippen LogP contribution in [0.25, 0.3) is 0 Å². The van der Waals surface area contributed by atoms with E-state index in [0.717, 1.165) is 10.6 Å². The molecule has 0 aromatic carbocycles. The van der Waals surface area contributed by atoms with Crippen molar-refractivity contribution < 1.29 is 23.4 Å². The van der Waals surface area contributed by atoms with Crippen LogP contribution in [0.4, 0.5) is 0 Å². The van der Waals surface area contributed by atoms with E-state index in [1.807, 2.05) is 57.2 Å². The normalized spacial score (nSPS) is 21.0. The van der Waals surface area contributed by atoms with Crippen molar-refractivity contribution in [2.45, 2.75) is 130 Å². The highest BCUT2D eigenvalue weighted by molar-refractivity contribution is 6.73. The molecule has 1 unspecified atom stereocenters. The Labute approximate surface area is 257 Å². The number of carbonyl (C=O) groups is 1. The molecule has 1 saturated heterocycles. The Morgan fingerprint density at radius 2 is 1.46 bits per heavy atom. The fraction of sp³-hybridized carbons (Fsp3) is 0.676. The Kier molecular flexibility index (Phi) is 18.8. The maximum Gasteiger partial charge on any atom is 0.330 e. The summed E-state index contributed by atoms with van der Waals surface area (Å²) in [6.07, 6.45) is 21.6. The van der Waals surface area contributed by atoms with Crippen molar-refractivity contribution in [3.05, 3.63) is 59.2 Å². The molecule has 0 saturated carbocycles. The van der Waals surface area contributed by atoms with Gasteiger partial charge in [-0.05, 0) is 51.9 Å². The summed E-state index contributed by atoms with van der Waals surface area (Å²) in [7, 11) is -1.86. The minimum absolute atomic E-state index is 0.0346. The van der Waals surface area contributed by atoms with E-state index in [0.29, 0.717) is 13.2 Å². The molecule has 1 heterocycles. The van der Waals surface area contributed by atoms with Gasteiger partial charge in [-0.2, -0.15) is 0 Å². The van der Waals surface area contributed by atoms with E-state index >= 15 is 0 Å². The summed E-state index contributed by atoms with van der Waals surface area (Å²) in [6, 6.07) is 3.70. The van der Waals surface area contributed by atoms with Gasteiger partial charge in [0, 0.05) is 17.0 Å². The van der Waals surface area contributed by atoms with Crippen molar-refractivity contribution in [1.82, 2.24) is 0 Å². The van der Waals surface area contributed by atoms with Crippen LogP contribution >= 0.6 is 11.6 Å². The smallest absolute Gasteiger partial charge is 0.330 e. The highest BCUT2D eigenvalue weighted by atomic mass is 35.5. The number of halogens is 1. The van der Waals surface area contributed by atoms with Crippen molar-refractivity contribution in [1.29, 1.82) is 0 Å². The molecule has 0 aliphatic carbocycles. The average Bonchev–Trinajstić information content (AvgIpc) is 3.26. The van der Waals surface area contributed by atoms with Gasteiger partial charge in [0.25, 0.3) is 0 Å². The van der Waals surface area contributed by atoms with Gasteiger partial charge in [-0.15, -0.1) is 0 Å². The Bertz CT molecular complexity index is 883. The molecule has 0 bridgehead atoms. The number of hydrogen-bond acceptors (Lipinski definition) is 5. The molecule has 1 aliphatic rings. The van der Waals surface area contributed by atoms with Gasteiger partial charge in [-0.1, -0.05) is 120 Å². The van der Waals surface area contributed by atoms with Gasteiger partial charge >= 0.3 is 5.97 Å². The second-order valence-corrected chi connectivity index (χ2v) is 16.1. The molecule has 1 rings (SSSR count). The summed E-state index contributed by atoms with van der Waals surface area (Å²) in [5.41, 5.74) is 1.04. The molecule has 234 valence electrons. The second-order valence-electron chi connectivity index (χ2n) is 11.5. The molecule has 1 aliphatic heterocycles. The van der Waals surface area contributed by atoms with E-state index in [4.69, 9.17) is 30.2 Å². The number of ether oxygens (including phenoxy) is 3. The highest BCUT2D eigenvalue weighted by Gasteiger charge is 2.46. The molecule has 1 fully saturated rings. The molecular formula is C34H57ClO5Si. The van der Waals surface area contributed by atoms with Gasteiger partial charge < -0.3 is 18.6 Å². The lowest BCUT2D eigenvalue weighted by Crippen LogP contribution is -2.43. The molecule has 0 N–H and O–H groups in total. The molecule has 0 spiro atoms. The summed E-state index contributed by atoms with van der Waals surface area (Å²) in [4.78, 5) is 11.4. The third kappa shape index (κ3) is 15.0. The lowest BCUT2D eigenvalue weighted by atomic mass is 9.99. The fourth-order valence-corrected chi connectivity index (χ4v) is 9.91. The summed E-state index contributed by atoms with van der Waals surface area (Å²) < 4.78 is 24.6. The zero-order valence-corrected chi connectivity index (χ0v) is 28.8. The topological polar surface area (TPSA) is 54.0 Å². The molecule has 0 aromatic heterocycles. The Hall–Kier alpha value is -1.44. The third-order valence-electron chi connectivity index (χ3n) is 7.38. The number of esters is 1. The Morgan fingerprint density at radius 1 is 0.902 bits per heavy atom. The standard InChI is InChI=1S/C34H57ClO5Si/c1-9-13-24-41(25-14-10-2,26-15-11-3)38-27-31-33(40-34(7,8)39-31)29(6)30(35)22-18-16-20-28(5)21-17-19-23-32(36)37-12-4/h16-23,29,31,33H,9-15,24-27H2,1-8H3/b18-16+,21-17+,23-19+,28-20+,30-22-/t29?,31-,33-/m1/s1. The van der Waals surface area contributed by atoms with Crippen molar-refractivity contribution in [2.24, 2.45) is 5.92 Å². The lowest BCUT2D eigenvalue weighted by molar-refractivity contribution is -0.150.